The molecule has 0 unspecified atom stereocenters. The van der Waals surface area contributed by atoms with Crippen LogP contribution < -0.4 is 0 Å². The maximum Gasteiger partial charge on any atom is 0.408 e. The van der Waals surface area contributed by atoms with Crippen LogP contribution >= 0.6 is 0 Å². The first kappa shape index (κ1) is 6.72. The number of hydrogen-bond acceptors (Lipinski definition) is 2. The zero-order chi connectivity index (χ0) is 6.57. The van der Waals surface area contributed by atoms with Gasteiger partial charge in [0.2, 0.25) is 5.78 Å². The highest BCUT2D eigenvalue weighted by atomic mass is 16.1. The topological polar surface area (TPSA) is 70.5 Å². The molecule has 0 aromatic carbocycles. The van der Waals surface area contributed by atoms with Crippen LogP contribution in [0.3, 0.4) is 0 Å². The lowest BCUT2D eigenvalue weighted by atomic mass is 10.3. The van der Waals surface area contributed by atoms with E-state index in [1.165, 1.54) is 0 Å². The second-order valence-corrected chi connectivity index (χ2v) is 1.11. The van der Waals surface area contributed by atoms with Crippen LogP contribution in [-0.4, -0.2) is 22.6 Å². The van der Waals surface area contributed by atoms with Gasteiger partial charge in [-0.25, -0.2) is 0 Å². The Hall–Kier alpha value is -1.28. The highest BCUT2D eigenvalue weighted by molar-refractivity contribution is 6.57. The molecular weight excluding hydrogens is 108 g/mol. The molecule has 0 aromatic heterocycles. The maximum atomic E-state index is 10.1. The van der Waals surface area contributed by atoms with E-state index in [2.05, 4.69) is 4.79 Å². The molecule has 0 saturated carbocycles. The van der Waals surface area contributed by atoms with Crippen molar-refractivity contribution in [2.75, 3.05) is 0 Å². The molecule has 1 radical (unpaired) electrons. The SMILES string of the molecule is CC(=O)C([C]=O)=[N+]=[N-]. The van der Waals surface area contributed by atoms with Crippen LogP contribution in [0.5, 0.6) is 0 Å². The minimum absolute atomic E-state index is 0.579. The lowest BCUT2D eigenvalue weighted by Crippen LogP contribution is -2.11. The molecular formula is C4H3N2O2. The van der Waals surface area contributed by atoms with Gasteiger partial charge in [0.25, 0.3) is 0 Å². The van der Waals surface area contributed by atoms with Crippen LogP contribution in [-0.2, 0) is 9.59 Å². The van der Waals surface area contributed by atoms with Gasteiger partial charge in [0.05, 0.1) is 0 Å². The van der Waals surface area contributed by atoms with E-state index >= 15 is 0 Å². The third-order valence-electron chi connectivity index (χ3n) is 0.530. The summed E-state index contributed by atoms with van der Waals surface area (Å²) in [6.07, 6.45) is 1.15. The number of hydrogen-bond donors (Lipinski definition) is 0. The van der Waals surface area contributed by atoms with Crippen molar-refractivity contribution in [3.05, 3.63) is 5.53 Å². The van der Waals surface area contributed by atoms with Gasteiger partial charge in [0.1, 0.15) is 0 Å². The van der Waals surface area contributed by atoms with Gasteiger partial charge in [0.15, 0.2) is 0 Å². The van der Waals surface area contributed by atoms with Gasteiger partial charge < -0.3 is 5.53 Å². The standard InChI is InChI=1S/C4H3N2O2/c1-3(8)4(2-7)6-5/h1H3. The number of carbonyl (C=O) groups is 1. The Balaban J connectivity index is 4.37. The Bertz CT molecular complexity index is 167. The van der Waals surface area contributed by atoms with Crippen molar-refractivity contribution in [1.29, 1.82) is 0 Å². The second kappa shape index (κ2) is 2.82. The van der Waals surface area contributed by atoms with E-state index in [1.807, 2.05) is 0 Å². The Morgan fingerprint density at radius 1 is 1.75 bits per heavy atom. The van der Waals surface area contributed by atoms with Crippen molar-refractivity contribution >= 4 is 17.8 Å². The Morgan fingerprint density at radius 3 is 2.25 bits per heavy atom. The molecule has 0 N–H and O–H groups in total. The van der Waals surface area contributed by atoms with Crippen LogP contribution in [0, 0.1) is 0 Å². The zero-order valence-corrected chi connectivity index (χ0v) is 4.21. The summed E-state index contributed by atoms with van der Waals surface area (Å²) in [6.45, 7) is 1.11. The Kier molecular flexibility index (Phi) is 2.37. The number of Topliss-reactive ketones (excluding diaryl/α,β-unsaturated/α-hetero) is 1. The predicted molar refractivity (Wildman–Crippen MR) is 25.0 cm³/mol. The molecule has 0 aliphatic carbocycles. The van der Waals surface area contributed by atoms with Crippen LogP contribution in [0.15, 0.2) is 0 Å². The molecule has 0 aliphatic heterocycles. The lowest BCUT2D eigenvalue weighted by molar-refractivity contribution is -0.114. The summed E-state index contributed by atoms with van der Waals surface area (Å²) in [5.41, 5.74) is 7.22. The fourth-order valence-corrected chi connectivity index (χ4v) is 0.163. The fraction of sp³-hybridized carbons (Fsp3) is 0.250. The minimum Gasteiger partial charge on any atom is -0.360 e. The highest BCUT2D eigenvalue weighted by Gasteiger charge is 2.12. The van der Waals surface area contributed by atoms with Gasteiger partial charge in [0, 0.05) is 6.92 Å². The van der Waals surface area contributed by atoms with Gasteiger partial charge >= 0.3 is 12.0 Å². The predicted octanol–water partition coefficient (Wildman–Crippen LogP) is -0.644. The smallest absolute Gasteiger partial charge is 0.360 e. The second-order valence-electron chi connectivity index (χ2n) is 1.11. The van der Waals surface area contributed by atoms with Crippen molar-refractivity contribution in [2.24, 2.45) is 0 Å². The van der Waals surface area contributed by atoms with Crippen molar-refractivity contribution in [1.82, 2.24) is 0 Å². The summed E-state index contributed by atoms with van der Waals surface area (Å²) in [5, 5.41) is 0. The molecule has 0 heterocycles. The van der Waals surface area contributed by atoms with Crippen LogP contribution in [0.2, 0.25) is 0 Å². The molecule has 0 bridgehead atoms. The largest absolute Gasteiger partial charge is 0.408 e. The monoisotopic (exact) mass is 111 g/mol. The van der Waals surface area contributed by atoms with E-state index in [1.54, 1.807) is 0 Å². The summed E-state index contributed by atoms with van der Waals surface area (Å²) in [5.74, 6) is -0.595. The number of ketones is 1. The van der Waals surface area contributed by atoms with Crippen molar-refractivity contribution in [3.63, 3.8) is 0 Å². The highest BCUT2D eigenvalue weighted by Crippen LogP contribution is 1.65. The first-order chi connectivity index (χ1) is 3.72. The molecule has 8 heavy (non-hydrogen) atoms. The average Bonchev–Trinajstić information content (AvgIpc) is 1.69. The van der Waals surface area contributed by atoms with Crippen molar-refractivity contribution < 1.29 is 14.4 Å². The van der Waals surface area contributed by atoms with Gasteiger partial charge in [-0.3, -0.25) is 9.59 Å². The van der Waals surface area contributed by atoms with E-state index in [4.69, 9.17) is 5.53 Å². The summed E-state index contributed by atoms with van der Waals surface area (Å²) in [7, 11) is 0. The molecule has 0 atom stereocenters. The minimum atomic E-state index is -0.595. The van der Waals surface area contributed by atoms with E-state index in [9.17, 15) is 9.59 Å². The Morgan fingerprint density at radius 2 is 2.25 bits per heavy atom. The van der Waals surface area contributed by atoms with E-state index < -0.39 is 11.5 Å². The summed E-state index contributed by atoms with van der Waals surface area (Å²) in [4.78, 5) is 21.9. The molecule has 0 spiro atoms. The first-order valence-electron chi connectivity index (χ1n) is 1.83. The van der Waals surface area contributed by atoms with Crippen molar-refractivity contribution in [2.45, 2.75) is 6.92 Å². The zero-order valence-electron chi connectivity index (χ0n) is 4.21. The summed E-state index contributed by atoms with van der Waals surface area (Å²) >= 11 is 0. The molecule has 41 valence electrons. The van der Waals surface area contributed by atoms with Gasteiger partial charge in [-0.1, -0.05) is 0 Å². The quantitative estimate of drug-likeness (QED) is 0.206. The maximum absolute atomic E-state index is 10.1. The third kappa shape index (κ3) is 1.45. The average molecular weight is 111 g/mol. The molecule has 0 rings (SSSR count). The summed E-state index contributed by atoms with van der Waals surface area (Å²) in [6, 6.07) is 0. The lowest BCUT2D eigenvalue weighted by Gasteiger charge is -1.67. The van der Waals surface area contributed by atoms with Gasteiger partial charge in [-0.2, -0.15) is 4.79 Å². The van der Waals surface area contributed by atoms with E-state index in [0.717, 1.165) is 13.2 Å². The van der Waals surface area contributed by atoms with Crippen LogP contribution in [0.4, 0.5) is 0 Å². The normalized spacial score (nSPS) is 7.12. The number of rotatable bonds is 2. The van der Waals surface area contributed by atoms with Crippen LogP contribution in [0.25, 0.3) is 5.53 Å². The van der Waals surface area contributed by atoms with Gasteiger partial charge in [-0.15, -0.1) is 0 Å². The van der Waals surface area contributed by atoms with E-state index in [0.29, 0.717) is 0 Å². The molecule has 0 aliphatic rings. The molecule has 4 heteroatoms. The van der Waals surface area contributed by atoms with Crippen molar-refractivity contribution in [3.8, 4) is 0 Å². The number of nitrogens with zero attached hydrogens (tertiary/aromatic N) is 2. The summed E-state index contributed by atoms with van der Waals surface area (Å²) < 4.78 is 0. The molecule has 0 aromatic rings. The van der Waals surface area contributed by atoms with Crippen LogP contribution in [0.1, 0.15) is 6.92 Å². The number of carbonyl (C=O) groups excluding carboxylic acids is 2. The van der Waals surface area contributed by atoms with Gasteiger partial charge in [-0.05, 0) is 0 Å². The molecule has 4 nitrogen and oxygen atoms in total. The van der Waals surface area contributed by atoms with E-state index in [-0.39, 0.29) is 0 Å². The molecule has 0 fully saturated rings. The Labute approximate surface area is 45.7 Å². The fourth-order valence-electron chi connectivity index (χ4n) is 0.163. The molecule has 0 amide bonds. The first-order valence-corrected chi connectivity index (χ1v) is 1.83. The molecule has 0 saturated heterocycles. The third-order valence-corrected chi connectivity index (χ3v) is 0.530.